The molecule has 1 unspecified atom stereocenters. The van der Waals surface area contributed by atoms with E-state index < -0.39 is 6.10 Å². The minimum absolute atomic E-state index is 0.139. The van der Waals surface area contributed by atoms with E-state index in [1.165, 1.54) is 7.11 Å². The predicted octanol–water partition coefficient (Wildman–Crippen LogP) is -0.972. The van der Waals surface area contributed by atoms with Crippen LogP contribution in [0.4, 0.5) is 0 Å². The van der Waals surface area contributed by atoms with Gasteiger partial charge >= 0.3 is 0 Å². The molecular weight excluding hydrogens is 182 g/mol. The van der Waals surface area contributed by atoms with Crippen molar-refractivity contribution in [1.29, 1.82) is 0 Å². The molecule has 84 valence electrons. The quantitative estimate of drug-likeness (QED) is 0.558. The summed E-state index contributed by atoms with van der Waals surface area (Å²) in [6.45, 7) is 4.72. The van der Waals surface area contributed by atoms with E-state index in [4.69, 9.17) is 10.5 Å². The molecule has 0 saturated heterocycles. The zero-order valence-corrected chi connectivity index (χ0v) is 9.25. The van der Waals surface area contributed by atoms with Gasteiger partial charge in [-0.1, -0.05) is 6.92 Å². The van der Waals surface area contributed by atoms with E-state index in [-0.39, 0.29) is 12.5 Å². The maximum Gasteiger partial charge on any atom is 0.250 e. The van der Waals surface area contributed by atoms with Crippen molar-refractivity contribution in [1.82, 2.24) is 10.2 Å². The van der Waals surface area contributed by atoms with Crippen LogP contribution in [0.2, 0.25) is 0 Å². The van der Waals surface area contributed by atoms with Crippen LogP contribution >= 0.6 is 0 Å². The highest BCUT2D eigenvalue weighted by molar-refractivity contribution is 5.80. The standard InChI is InChI=1S/C9H21N3O2/c1-4-12(2)6-5-11-9(13)8(7-10)14-3/h8H,4-7,10H2,1-3H3,(H,11,13). The van der Waals surface area contributed by atoms with Gasteiger partial charge in [0.25, 0.3) is 0 Å². The van der Waals surface area contributed by atoms with Crippen molar-refractivity contribution in [2.45, 2.75) is 13.0 Å². The predicted molar refractivity (Wildman–Crippen MR) is 56.0 cm³/mol. The summed E-state index contributed by atoms with van der Waals surface area (Å²) in [6.07, 6.45) is -0.526. The molecule has 0 bridgehead atoms. The molecule has 0 heterocycles. The molecule has 0 rings (SSSR count). The number of methoxy groups -OCH3 is 1. The molecule has 0 aromatic carbocycles. The molecule has 3 N–H and O–H groups in total. The zero-order valence-electron chi connectivity index (χ0n) is 9.25. The summed E-state index contributed by atoms with van der Waals surface area (Å²) >= 11 is 0. The van der Waals surface area contributed by atoms with E-state index in [2.05, 4.69) is 17.1 Å². The second-order valence-electron chi connectivity index (χ2n) is 3.15. The Kier molecular flexibility index (Phi) is 7.37. The van der Waals surface area contributed by atoms with Crippen molar-refractivity contribution in [2.24, 2.45) is 5.73 Å². The molecular formula is C9H21N3O2. The van der Waals surface area contributed by atoms with E-state index in [1.807, 2.05) is 7.05 Å². The number of likely N-dealkylation sites (N-methyl/N-ethyl adjacent to an activating group) is 1. The third-order valence-corrected chi connectivity index (χ3v) is 2.12. The molecule has 0 aromatic rings. The van der Waals surface area contributed by atoms with Crippen molar-refractivity contribution < 1.29 is 9.53 Å². The lowest BCUT2D eigenvalue weighted by molar-refractivity contribution is -0.130. The number of carbonyl (C=O) groups excluding carboxylic acids is 1. The van der Waals surface area contributed by atoms with Gasteiger partial charge in [0, 0.05) is 26.7 Å². The van der Waals surface area contributed by atoms with Gasteiger partial charge in [0.05, 0.1) is 0 Å². The maximum absolute atomic E-state index is 11.3. The Morgan fingerprint density at radius 2 is 2.29 bits per heavy atom. The lowest BCUT2D eigenvalue weighted by Gasteiger charge is -2.16. The van der Waals surface area contributed by atoms with Crippen LogP contribution in [-0.2, 0) is 9.53 Å². The molecule has 0 fully saturated rings. The number of carbonyl (C=O) groups is 1. The normalized spacial score (nSPS) is 12.9. The second-order valence-corrected chi connectivity index (χ2v) is 3.15. The molecule has 0 aliphatic heterocycles. The summed E-state index contributed by atoms with van der Waals surface area (Å²) < 4.78 is 4.89. The van der Waals surface area contributed by atoms with Crippen LogP contribution in [0.1, 0.15) is 6.92 Å². The molecule has 0 aromatic heterocycles. The topological polar surface area (TPSA) is 67.6 Å². The van der Waals surface area contributed by atoms with Crippen LogP contribution in [0.3, 0.4) is 0 Å². The summed E-state index contributed by atoms with van der Waals surface area (Å²) in [4.78, 5) is 13.5. The maximum atomic E-state index is 11.3. The van der Waals surface area contributed by atoms with Crippen molar-refractivity contribution in [3.05, 3.63) is 0 Å². The molecule has 1 atom stereocenters. The first-order valence-corrected chi connectivity index (χ1v) is 4.84. The minimum atomic E-state index is -0.526. The van der Waals surface area contributed by atoms with Gasteiger partial charge in [0.1, 0.15) is 6.10 Å². The number of hydrogen-bond donors (Lipinski definition) is 2. The molecule has 0 aliphatic rings. The summed E-state index contributed by atoms with van der Waals surface area (Å²) in [5.41, 5.74) is 5.35. The minimum Gasteiger partial charge on any atom is -0.370 e. The number of rotatable bonds is 7. The average Bonchev–Trinajstić information content (AvgIpc) is 2.19. The number of hydrogen-bond acceptors (Lipinski definition) is 4. The number of nitrogens with two attached hydrogens (primary N) is 1. The second kappa shape index (κ2) is 7.73. The summed E-state index contributed by atoms with van der Waals surface area (Å²) in [6, 6.07) is 0. The first kappa shape index (κ1) is 13.4. The highest BCUT2D eigenvalue weighted by Crippen LogP contribution is 1.86. The van der Waals surface area contributed by atoms with Crippen LogP contribution in [0.25, 0.3) is 0 Å². The van der Waals surface area contributed by atoms with Gasteiger partial charge in [-0.05, 0) is 13.6 Å². The Bertz CT molecular complexity index is 160. The Balaban J connectivity index is 3.62. The molecule has 0 radical (unpaired) electrons. The summed E-state index contributed by atoms with van der Waals surface area (Å²) in [5, 5.41) is 2.76. The average molecular weight is 203 g/mol. The molecule has 1 amide bonds. The van der Waals surface area contributed by atoms with Crippen molar-refractivity contribution in [3.8, 4) is 0 Å². The van der Waals surface area contributed by atoms with Gasteiger partial charge in [-0.15, -0.1) is 0 Å². The highest BCUT2D eigenvalue weighted by Gasteiger charge is 2.14. The lowest BCUT2D eigenvalue weighted by Crippen LogP contribution is -2.43. The molecule has 0 aliphatic carbocycles. The van der Waals surface area contributed by atoms with Crippen LogP contribution in [-0.4, -0.2) is 57.2 Å². The third-order valence-electron chi connectivity index (χ3n) is 2.12. The monoisotopic (exact) mass is 203 g/mol. The Morgan fingerprint density at radius 3 is 2.71 bits per heavy atom. The van der Waals surface area contributed by atoms with Gasteiger partial charge in [-0.3, -0.25) is 4.79 Å². The third kappa shape index (κ3) is 5.16. The van der Waals surface area contributed by atoms with Gasteiger partial charge in [0.2, 0.25) is 5.91 Å². The molecule has 14 heavy (non-hydrogen) atoms. The Labute approximate surface area is 85.6 Å². The van der Waals surface area contributed by atoms with Gasteiger partial charge in [0.15, 0.2) is 0 Å². The zero-order chi connectivity index (χ0) is 11.0. The number of amides is 1. The number of nitrogens with zero attached hydrogens (tertiary/aromatic N) is 1. The molecule has 5 nitrogen and oxygen atoms in total. The molecule has 0 saturated carbocycles. The van der Waals surface area contributed by atoms with E-state index >= 15 is 0 Å². The van der Waals surface area contributed by atoms with Crippen molar-refractivity contribution in [3.63, 3.8) is 0 Å². The van der Waals surface area contributed by atoms with E-state index in [0.29, 0.717) is 6.54 Å². The lowest BCUT2D eigenvalue weighted by atomic mass is 10.3. The SMILES string of the molecule is CCN(C)CCNC(=O)C(CN)OC. The van der Waals surface area contributed by atoms with Gasteiger partial charge < -0.3 is 20.7 Å². The summed E-state index contributed by atoms with van der Waals surface area (Å²) in [7, 11) is 3.48. The Hall–Kier alpha value is -0.650. The first-order valence-electron chi connectivity index (χ1n) is 4.84. The highest BCUT2D eigenvalue weighted by atomic mass is 16.5. The van der Waals surface area contributed by atoms with Gasteiger partial charge in [-0.25, -0.2) is 0 Å². The number of nitrogens with one attached hydrogen (secondary N) is 1. The fourth-order valence-corrected chi connectivity index (χ4v) is 0.952. The van der Waals surface area contributed by atoms with E-state index in [9.17, 15) is 4.79 Å². The van der Waals surface area contributed by atoms with Crippen molar-refractivity contribution in [2.75, 3.05) is 40.3 Å². The van der Waals surface area contributed by atoms with Crippen LogP contribution < -0.4 is 11.1 Å². The van der Waals surface area contributed by atoms with Crippen LogP contribution in [0.5, 0.6) is 0 Å². The van der Waals surface area contributed by atoms with Crippen LogP contribution in [0, 0.1) is 0 Å². The smallest absolute Gasteiger partial charge is 0.250 e. The molecule has 5 heteroatoms. The van der Waals surface area contributed by atoms with E-state index in [0.717, 1.165) is 13.1 Å². The van der Waals surface area contributed by atoms with Gasteiger partial charge in [-0.2, -0.15) is 0 Å². The van der Waals surface area contributed by atoms with Crippen molar-refractivity contribution >= 4 is 5.91 Å². The first-order chi connectivity index (χ1) is 6.65. The van der Waals surface area contributed by atoms with Crippen LogP contribution in [0.15, 0.2) is 0 Å². The largest absolute Gasteiger partial charge is 0.370 e. The fraction of sp³-hybridized carbons (Fsp3) is 0.889. The van der Waals surface area contributed by atoms with E-state index in [1.54, 1.807) is 0 Å². The fourth-order valence-electron chi connectivity index (χ4n) is 0.952. The Morgan fingerprint density at radius 1 is 1.64 bits per heavy atom. The summed E-state index contributed by atoms with van der Waals surface area (Å²) in [5.74, 6) is -0.139. The molecule has 0 spiro atoms. The number of ether oxygens (including phenoxy) is 1.